The van der Waals surface area contributed by atoms with Crippen molar-refractivity contribution >= 4 is 5.71 Å². The van der Waals surface area contributed by atoms with Crippen molar-refractivity contribution in [1.29, 1.82) is 5.41 Å². The van der Waals surface area contributed by atoms with E-state index in [2.05, 4.69) is 36.2 Å². The summed E-state index contributed by atoms with van der Waals surface area (Å²) in [5, 5.41) is 8.13. The maximum Gasteiger partial charge on any atom is 0.0398 e. The van der Waals surface area contributed by atoms with Crippen LogP contribution in [0.25, 0.3) is 0 Å². The summed E-state index contributed by atoms with van der Waals surface area (Å²) in [5.74, 6) is 0. The van der Waals surface area contributed by atoms with Crippen molar-refractivity contribution in [3.8, 4) is 0 Å². The van der Waals surface area contributed by atoms with Gasteiger partial charge in [0.25, 0.3) is 0 Å². The number of nitrogens with zero attached hydrogens (tertiary/aromatic N) is 1. The van der Waals surface area contributed by atoms with E-state index >= 15 is 0 Å². The number of benzene rings is 1. The topological polar surface area (TPSA) is 27.1 Å². The lowest BCUT2D eigenvalue weighted by Crippen LogP contribution is -2.39. The summed E-state index contributed by atoms with van der Waals surface area (Å²) in [5.41, 5.74) is 3.78. The molecule has 1 saturated heterocycles. The van der Waals surface area contributed by atoms with Crippen molar-refractivity contribution in [1.82, 2.24) is 4.90 Å². The highest BCUT2D eigenvalue weighted by Gasteiger charge is 2.42. The third kappa shape index (κ3) is 1.33. The maximum absolute atomic E-state index is 8.13. The summed E-state index contributed by atoms with van der Waals surface area (Å²) < 4.78 is 0. The molecular formula is C14H18N2. The summed E-state index contributed by atoms with van der Waals surface area (Å²) in [7, 11) is 2.19. The SMILES string of the molecule is CN1CCC2(CC1)CC(=N)c1ccccc12. The fraction of sp³-hybridized carbons (Fsp3) is 0.500. The molecule has 0 aromatic heterocycles. The fourth-order valence-electron chi connectivity index (χ4n) is 3.23. The second-order valence-electron chi connectivity index (χ2n) is 5.28. The number of rotatable bonds is 0. The minimum Gasteiger partial charge on any atom is -0.306 e. The van der Waals surface area contributed by atoms with Gasteiger partial charge in [-0.2, -0.15) is 0 Å². The molecule has 2 nitrogen and oxygen atoms in total. The molecule has 1 heterocycles. The van der Waals surface area contributed by atoms with Gasteiger partial charge in [0.2, 0.25) is 0 Å². The highest BCUT2D eigenvalue weighted by Crippen LogP contribution is 2.45. The second kappa shape index (κ2) is 3.42. The summed E-state index contributed by atoms with van der Waals surface area (Å²) >= 11 is 0. The van der Waals surface area contributed by atoms with Crippen LogP contribution in [0.2, 0.25) is 0 Å². The van der Waals surface area contributed by atoms with Crippen molar-refractivity contribution in [2.45, 2.75) is 24.7 Å². The third-order valence-electron chi connectivity index (χ3n) is 4.28. The quantitative estimate of drug-likeness (QED) is 0.705. The number of hydrogen-bond acceptors (Lipinski definition) is 2. The third-order valence-corrected chi connectivity index (χ3v) is 4.28. The first-order valence-corrected chi connectivity index (χ1v) is 6.07. The largest absolute Gasteiger partial charge is 0.306 e. The Bertz CT molecular complexity index is 428. The number of piperidine rings is 1. The van der Waals surface area contributed by atoms with Crippen LogP contribution in [0.3, 0.4) is 0 Å². The fourth-order valence-corrected chi connectivity index (χ4v) is 3.23. The molecule has 2 aliphatic rings. The molecule has 0 unspecified atom stereocenters. The van der Waals surface area contributed by atoms with Crippen LogP contribution in [0, 0.1) is 5.41 Å². The Morgan fingerprint density at radius 1 is 1.19 bits per heavy atom. The summed E-state index contributed by atoms with van der Waals surface area (Å²) in [4.78, 5) is 2.40. The van der Waals surface area contributed by atoms with Gasteiger partial charge < -0.3 is 10.3 Å². The number of hydrogen-bond donors (Lipinski definition) is 1. The molecule has 3 rings (SSSR count). The first kappa shape index (κ1) is 10.0. The highest BCUT2D eigenvalue weighted by atomic mass is 15.1. The van der Waals surface area contributed by atoms with Gasteiger partial charge in [-0.05, 0) is 50.5 Å². The average molecular weight is 214 g/mol. The monoisotopic (exact) mass is 214 g/mol. The van der Waals surface area contributed by atoms with Gasteiger partial charge in [-0.25, -0.2) is 0 Å². The molecule has 1 spiro atoms. The van der Waals surface area contributed by atoms with E-state index in [0.717, 1.165) is 12.1 Å². The zero-order chi connectivity index (χ0) is 11.2. The molecule has 2 heteroatoms. The Balaban J connectivity index is 2.02. The van der Waals surface area contributed by atoms with Crippen molar-refractivity contribution in [3.05, 3.63) is 35.4 Å². The van der Waals surface area contributed by atoms with E-state index in [9.17, 15) is 0 Å². The standard InChI is InChI=1S/C14H18N2/c1-16-8-6-14(7-9-16)10-13(15)11-4-2-3-5-12(11)14/h2-5,15H,6-10H2,1H3. The normalized spacial score (nSPS) is 23.7. The molecule has 1 N–H and O–H groups in total. The Morgan fingerprint density at radius 2 is 1.88 bits per heavy atom. The predicted molar refractivity (Wildman–Crippen MR) is 66.3 cm³/mol. The summed E-state index contributed by atoms with van der Waals surface area (Å²) in [6.07, 6.45) is 3.38. The summed E-state index contributed by atoms with van der Waals surface area (Å²) in [6, 6.07) is 8.53. The Hall–Kier alpha value is -1.15. The Kier molecular flexibility index (Phi) is 2.15. The smallest absolute Gasteiger partial charge is 0.0398 e. The lowest BCUT2D eigenvalue weighted by molar-refractivity contribution is 0.195. The van der Waals surface area contributed by atoms with Crippen LogP contribution in [-0.4, -0.2) is 30.7 Å². The van der Waals surface area contributed by atoms with Crippen LogP contribution in [0.4, 0.5) is 0 Å². The van der Waals surface area contributed by atoms with E-state index in [0.29, 0.717) is 5.41 Å². The molecule has 0 amide bonds. The van der Waals surface area contributed by atoms with Crippen molar-refractivity contribution in [2.24, 2.45) is 0 Å². The van der Waals surface area contributed by atoms with Gasteiger partial charge in [0, 0.05) is 11.1 Å². The minimum absolute atomic E-state index is 0.292. The number of nitrogens with one attached hydrogen (secondary N) is 1. The average Bonchev–Trinajstić information content (AvgIpc) is 2.58. The van der Waals surface area contributed by atoms with E-state index in [1.807, 2.05) is 0 Å². The van der Waals surface area contributed by atoms with Gasteiger partial charge in [-0.15, -0.1) is 0 Å². The maximum atomic E-state index is 8.13. The highest BCUT2D eigenvalue weighted by molar-refractivity contribution is 6.04. The Labute approximate surface area is 96.8 Å². The van der Waals surface area contributed by atoms with E-state index in [4.69, 9.17) is 5.41 Å². The van der Waals surface area contributed by atoms with Crippen molar-refractivity contribution in [2.75, 3.05) is 20.1 Å². The molecule has 1 aromatic carbocycles. The predicted octanol–water partition coefficient (Wildman–Crippen LogP) is 2.42. The van der Waals surface area contributed by atoms with Gasteiger partial charge in [0.05, 0.1) is 0 Å². The number of fused-ring (bicyclic) bond motifs is 2. The molecule has 1 aliphatic carbocycles. The Morgan fingerprint density at radius 3 is 2.62 bits per heavy atom. The van der Waals surface area contributed by atoms with Crippen molar-refractivity contribution in [3.63, 3.8) is 0 Å². The summed E-state index contributed by atoms with van der Waals surface area (Å²) in [6.45, 7) is 2.34. The minimum atomic E-state index is 0.292. The van der Waals surface area contributed by atoms with Gasteiger partial charge in [0.1, 0.15) is 0 Å². The van der Waals surface area contributed by atoms with E-state index in [1.54, 1.807) is 0 Å². The molecule has 84 valence electrons. The molecule has 0 bridgehead atoms. The van der Waals surface area contributed by atoms with Gasteiger partial charge in [0.15, 0.2) is 0 Å². The van der Waals surface area contributed by atoms with Gasteiger partial charge in [-0.1, -0.05) is 24.3 Å². The molecule has 0 radical (unpaired) electrons. The van der Waals surface area contributed by atoms with E-state index in [-0.39, 0.29) is 0 Å². The van der Waals surface area contributed by atoms with E-state index < -0.39 is 0 Å². The lowest BCUT2D eigenvalue weighted by atomic mass is 9.74. The zero-order valence-corrected chi connectivity index (χ0v) is 9.79. The van der Waals surface area contributed by atoms with Crippen LogP contribution in [0.5, 0.6) is 0 Å². The van der Waals surface area contributed by atoms with Gasteiger partial charge >= 0.3 is 0 Å². The molecule has 1 aliphatic heterocycles. The molecule has 1 fully saturated rings. The molecule has 16 heavy (non-hydrogen) atoms. The number of likely N-dealkylation sites (tertiary alicyclic amines) is 1. The molecular weight excluding hydrogens is 196 g/mol. The zero-order valence-electron chi connectivity index (χ0n) is 9.79. The lowest BCUT2D eigenvalue weighted by Gasteiger charge is -2.38. The first-order valence-electron chi connectivity index (χ1n) is 6.07. The van der Waals surface area contributed by atoms with Crippen LogP contribution in [0.15, 0.2) is 24.3 Å². The molecule has 1 aromatic rings. The molecule has 0 atom stereocenters. The molecule has 0 saturated carbocycles. The van der Waals surface area contributed by atoms with E-state index in [1.165, 1.54) is 37.1 Å². The van der Waals surface area contributed by atoms with Crippen molar-refractivity contribution < 1.29 is 0 Å². The van der Waals surface area contributed by atoms with Gasteiger partial charge in [-0.3, -0.25) is 0 Å². The van der Waals surface area contributed by atoms with Crippen LogP contribution in [-0.2, 0) is 5.41 Å². The van der Waals surface area contributed by atoms with Crippen LogP contribution >= 0.6 is 0 Å². The second-order valence-corrected chi connectivity index (χ2v) is 5.28. The van der Waals surface area contributed by atoms with Crippen LogP contribution < -0.4 is 0 Å². The first-order chi connectivity index (χ1) is 7.71. The van der Waals surface area contributed by atoms with Crippen LogP contribution in [0.1, 0.15) is 30.4 Å².